The maximum atomic E-state index is 5.33. The first kappa shape index (κ1) is 13.6. The molecule has 0 aliphatic heterocycles. The molecular formula is C17H19N3O. The Bertz CT molecular complexity index is 671. The van der Waals surface area contributed by atoms with Crippen LogP contribution >= 0.6 is 0 Å². The van der Waals surface area contributed by atoms with Gasteiger partial charge >= 0.3 is 0 Å². The predicted octanol–water partition coefficient (Wildman–Crippen LogP) is 3.11. The quantitative estimate of drug-likeness (QED) is 0.706. The van der Waals surface area contributed by atoms with Gasteiger partial charge in [-0.05, 0) is 31.2 Å². The van der Waals surface area contributed by atoms with E-state index in [-0.39, 0.29) is 0 Å². The standard InChI is InChI=1S/C17H19N3O/c1-14-19-13-16(20(14)15-6-3-2-4-7-15)12-18-10-9-17-8-5-11-21-17/h2-8,11,13,18H,9-10,12H2,1H3. The molecule has 4 heteroatoms. The summed E-state index contributed by atoms with van der Waals surface area (Å²) in [5.74, 6) is 2.01. The Kier molecular flexibility index (Phi) is 4.17. The first-order valence-electron chi connectivity index (χ1n) is 7.16. The first-order chi connectivity index (χ1) is 10.3. The van der Waals surface area contributed by atoms with Gasteiger partial charge in [-0.1, -0.05) is 18.2 Å². The number of para-hydroxylation sites is 1. The number of hydrogen-bond acceptors (Lipinski definition) is 3. The largest absolute Gasteiger partial charge is 0.469 e. The van der Waals surface area contributed by atoms with E-state index in [9.17, 15) is 0 Å². The van der Waals surface area contributed by atoms with E-state index in [0.717, 1.165) is 42.5 Å². The van der Waals surface area contributed by atoms with Gasteiger partial charge in [-0.3, -0.25) is 4.57 Å². The second-order valence-corrected chi connectivity index (χ2v) is 4.97. The minimum Gasteiger partial charge on any atom is -0.469 e. The number of aromatic nitrogens is 2. The molecule has 1 aromatic carbocycles. The van der Waals surface area contributed by atoms with Crippen LogP contribution in [0.1, 0.15) is 17.3 Å². The first-order valence-corrected chi connectivity index (χ1v) is 7.16. The molecule has 0 bridgehead atoms. The van der Waals surface area contributed by atoms with Crippen molar-refractivity contribution in [2.24, 2.45) is 0 Å². The lowest BCUT2D eigenvalue weighted by Crippen LogP contribution is -2.18. The van der Waals surface area contributed by atoms with E-state index in [1.54, 1.807) is 6.26 Å². The monoisotopic (exact) mass is 281 g/mol. The summed E-state index contributed by atoms with van der Waals surface area (Å²) in [5.41, 5.74) is 2.31. The molecule has 21 heavy (non-hydrogen) atoms. The van der Waals surface area contributed by atoms with Crippen LogP contribution in [0.15, 0.2) is 59.3 Å². The van der Waals surface area contributed by atoms with Crippen molar-refractivity contribution in [1.82, 2.24) is 14.9 Å². The fourth-order valence-corrected chi connectivity index (χ4v) is 2.43. The number of hydrogen-bond donors (Lipinski definition) is 1. The third kappa shape index (κ3) is 3.23. The van der Waals surface area contributed by atoms with E-state index in [0.29, 0.717) is 0 Å². The summed E-state index contributed by atoms with van der Waals surface area (Å²) in [6, 6.07) is 14.2. The van der Waals surface area contributed by atoms with Crippen LogP contribution in [-0.2, 0) is 13.0 Å². The molecule has 4 nitrogen and oxygen atoms in total. The molecule has 0 spiro atoms. The molecule has 108 valence electrons. The second kappa shape index (κ2) is 6.41. The summed E-state index contributed by atoms with van der Waals surface area (Å²) >= 11 is 0. The van der Waals surface area contributed by atoms with Crippen LogP contribution in [0.2, 0.25) is 0 Å². The molecule has 0 saturated heterocycles. The molecule has 3 aromatic rings. The summed E-state index contributed by atoms with van der Waals surface area (Å²) in [7, 11) is 0. The Morgan fingerprint density at radius 1 is 1.14 bits per heavy atom. The molecule has 0 unspecified atom stereocenters. The molecule has 0 fully saturated rings. The Morgan fingerprint density at radius 3 is 2.76 bits per heavy atom. The van der Waals surface area contributed by atoms with Crippen LogP contribution in [0.3, 0.4) is 0 Å². The zero-order valence-corrected chi connectivity index (χ0v) is 12.1. The Morgan fingerprint density at radius 2 is 2.00 bits per heavy atom. The van der Waals surface area contributed by atoms with E-state index in [4.69, 9.17) is 4.42 Å². The summed E-state index contributed by atoms with van der Waals surface area (Å²) in [6.07, 6.45) is 4.54. The number of benzene rings is 1. The third-order valence-electron chi connectivity index (χ3n) is 3.46. The molecule has 2 heterocycles. The van der Waals surface area contributed by atoms with Gasteiger partial charge in [0.15, 0.2) is 0 Å². The van der Waals surface area contributed by atoms with E-state index < -0.39 is 0 Å². The van der Waals surface area contributed by atoms with Gasteiger partial charge in [0.2, 0.25) is 0 Å². The van der Waals surface area contributed by atoms with Crippen molar-refractivity contribution in [3.8, 4) is 5.69 Å². The highest BCUT2D eigenvalue weighted by atomic mass is 16.3. The van der Waals surface area contributed by atoms with Crippen molar-refractivity contribution in [3.63, 3.8) is 0 Å². The van der Waals surface area contributed by atoms with E-state index in [2.05, 4.69) is 27.0 Å². The molecule has 0 atom stereocenters. The molecule has 2 aromatic heterocycles. The van der Waals surface area contributed by atoms with Gasteiger partial charge in [0.1, 0.15) is 11.6 Å². The molecule has 0 saturated carbocycles. The molecule has 1 N–H and O–H groups in total. The van der Waals surface area contributed by atoms with Crippen LogP contribution in [0.4, 0.5) is 0 Å². The van der Waals surface area contributed by atoms with Crippen molar-refractivity contribution < 1.29 is 4.42 Å². The van der Waals surface area contributed by atoms with Crippen LogP contribution < -0.4 is 5.32 Å². The van der Waals surface area contributed by atoms with Gasteiger partial charge in [0.25, 0.3) is 0 Å². The average molecular weight is 281 g/mol. The molecule has 0 amide bonds. The van der Waals surface area contributed by atoms with Crippen LogP contribution in [0.25, 0.3) is 5.69 Å². The fraction of sp³-hybridized carbons (Fsp3) is 0.235. The number of rotatable bonds is 6. The topological polar surface area (TPSA) is 43.0 Å². The van der Waals surface area contributed by atoms with Crippen molar-refractivity contribution in [3.05, 3.63) is 72.2 Å². The van der Waals surface area contributed by atoms with Crippen molar-refractivity contribution >= 4 is 0 Å². The second-order valence-electron chi connectivity index (χ2n) is 4.97. The maximum Gasteiger partial charge on any atom is 0.110 e. The minimum atomic E-state index is 0.788. The Labute approximate surface area is 124 Å². The van der Waals surface area contributed by atoms with Crippen LogP contribution in [0.5, 0.6) is 0 Å². The lowest BCUT2D eigenvalue weighted by molar-refractivity contribution is 0.498. The predicted molar refractivity (Wildman–Crippen MR) is 82.4 cm³/mol. The average Bonchev–Trinajstić information content (AvgIpc) is 3.14. The van der Waals surface area contributed by atoms with Crippen molar-refractivity contribution in [2.45, 2.75) is 19.9 Å². The SMILES string of the molecule is Cc1ncc(CNCCc2ccco2)n1-c1ccccc1. The van der Waals surface area contributed by atoms with E-state index in [1.807, 2.05) is 43.5 Å². The lowest BCUT2D eigenvalue weighted by Gasteiger charge is -2.11. The minimum absolute atomic E-state index is 0.788. The maximum absolute atomic E-state index is 5.33. The van der Waals surface area contributed by atoms with Gasteiger partial charge in [0, 0.05) is 25.2 Å². The van der Waals surface area contributed by atoms with Crippen LogP contribution in [-0.4, -0.2) is 16.1 Å². The summed E-state index contributed by atoms with van der Waals surface area (Å²) in [5, 5.41) is 3.44. The lowest BCUT2D eigenvalue weighted by atomic mass is 10.3. The Balaban J connectivity index is 1.64. The fourth-order valence-electron chi connectivity index (χ4n) is 2.43. The van der Waals surface area contributed by atoms with Gasteiger partial charge in [-0.2, -0.15) is 0 Å². The van der Waals surface area contributed by atoms with Gasteiger partial charge in [-0.15, -0.1) is 0 Å². The number of imidazole rings is 1. The summed E-state index contributed by atoms with van der Waals surface area (Å²) in [6.45, 7) is 3.70. The highest BCUT2D eigenvalue weighted by Crippen LogP contribution is 2.14. The smallest absolute Gasteiger partial charge is 0.110 e. The molecular weight excluding hydrogens is 262 g/mol. The third-order valence-corrected chi connectivity index (χ3v) is 3.46. The normalized spacial score (nSPS) is 10.9. The van der Waals surface area contributed by atoms with Crippen molar-refractivity contribution in [2.75, 3.05) is 6.54 Å². The van der Waals surface area contributed by atoms with Gasteiger partial charge in [-0.25, -0.2) is 4.98 Å². The van der Waals surface area contributed by atoms with Crippen molar-refractivity contribution in [1.29, 1.82) is 0 Å². The van der Waals surface area contributed by atoms with Gasteiger partial charge < -0.3 is 9.73 Å². The summed E-state index contributed by atoms with van der Waals surface area (Å²) < 4.78 is 7.51. The number of furan rings is 1. The van der Waals surface area contributed by atoms with Gasteiger partial charge in [0.05, 0.1) is 18.2 Å². The highest BCUT2D eigenvalue weighted by Gasteiger charge is 2.08. The molecule has 3 rings (SSSR count). The highest BCUT2D eigenvalue weighted by molar-refractivity contribution is 5.35. The zero-order valence-electron chi connectivity index (χ0n) is 12.1. The number of nitrogens with zero attached hydrogens (tertiary/aromatic N) is 2. The van der Waals surface area contributed by atoms with E-state index in [1.165, 1.54) is 0 Å². The number of aryl methyl sites for hydroxylation is 1. The molecule has 0 radical (unpaired) electrons. The number of nitrogens with one attached hydrogen (secondary N) is 1. The molecule has 0 aliphatic carbocycles. The molecule has 0 aliphatic rings. The van der Waals surface area contributed by atoms with E-state index >= 15 is 0 Å². The van der Waals surface area contributed by atoms with Crippen LogP contribution in [0, 0.1) is 6.92 Å². The zero-order chi connectivity index (χ0) is 14.5. The Hall–Kier alpha value is -2.33. The summed E-state index contributed by atoms with van der Waals surface area (Å²) in [4.78, 5) is 4.43.